The SMILES string of the molecule is CC(=CCl)Cn1ncc(Br)c(Br)c1=O. The van der Waals surface area contributed by atoms with Gasteiger partial charge in [0, 0.05) is 5.54 Å². The quantitative estimate of drug-likeness (QED) is 0.828. The van der Waals surface area contributed by atoms with Gasteiger partial charge in [-0.3, -0.25) is 4.79 Å². The Bertz CT molecular complexity index is 428. The van der Waals surface area contributed by atoms with E-state index in [9.17, 15) is 4.79 Å². The first-order valence-electron chi connectivity index (χ1n) is 3.73. The molecule has 0 saturated heterocycles. The van der Waals surface area contributed by atoms with Crippen molar-refractivity contribution in [2.75, 3.05) is 0 Å². The van der Waals surface area contributed by atoms with E-state index in [2.05, 4.69) is 37.0 Å². The Balaban J connectivity index is 3.13. The summed E-state index contributed by atoms with van der Waals surface area (Å²) in [4.78, 5) is 11.6. The van der Waals surface area contributed by atoms with Crippen molar-refractivity contribution in [3.05, 3.63) is 36.6 Å². The highest BCUT2D eigenvalue weighted by Gasteiger charge is 2.06. The van der Waals surface area contributed by atoms with Crippen molar-refractivity contribution < 1.29 is 0 Å². The third kappa shape index (κ3) is 2.68. The molecule has 0 saturated carbocycles. The fourth-order valence-electron chi connectivity index (χ4n) is 0.828. The Morgan fingerprint density at radius 3 is 2.93 bits per heavy atom. The van der Waals surface area contributed by atoms with Crippen LogP contribution in [-0.2, 0) is 6.54 Å². The number of aromatic nitrogens is 2. The summed E-state index contributed by atoms with van der Waals surface area (Å²) in [6.45, 7) is 2.23. The normalized spacial score (nSPS) is 11.9. The van der Waals surface area contributed by atoms with Gasteiger partial charge in [-0.05, 0) is 44.4 Å². The Morgan fingerprint density at radius 1 is 1.71 bits per heavy atom. The summed E-state index contributed by atoms with van der Waals surface area (Å²) in [7, 11) is 0. The van der Waals surface area contributed by atoms with Gasteiger partial charge in [-0.15, -0.1) is 0 Å². The Labute approximate surface area is 103 Å². The van der Waals surface area contributed by atoms with Crippen molar-refractivity contribution in [1.82, 2.24) is 9.78 Å². The van der Waals surface area contributed by atoms with Crippen molar-refractivity contribution >= 4 is 43.5 Å². The lowest BCUT2D eigenvalue weighted by atomic mass is 10.3. The minimum atomic E-state index is -0.183. The van der Waals surface area contributed by atoms with E-state index < -0.39 is 0 Å². The lowest BCUT2D eigenvalue weighted by molar-refractivity contribution is 0.626. The highest BCUT2D eigenvalue weighted by Crippen LogP contribution is 2.16. The maximum Gasteiger partial charge on any atom is 0.282 e. The van der Waals surface area contributed by atoms with Crippen LogP contribution in [0.1, 0.15) is 6.92 Å². The Kier molecular flexibility index (Phi) is 4.34. The van der Waals surface area contributed by atoms with E-state index in [1.165, 1.54) is 10.2 Å². The lowest BCUT2D eigenvalue weighted by Crippen LogP contribution is -2.23. The van der Waals surface area contributed by atoms with Crippen molar-refractivity contribution in [3.63, 3.8) is 0 Å². The van der Waals surface area contributed by atoms with Crippen molar-refractivity contribution in [2.45, 2.75) is 13.5 Å². The molecule has 1 heterocycles. The summed E-state index contributed by atoms with van der Waals surface area (Å²) in [6.07, 6.45) is 1.56. The van der Waals surface area contributed by atoms with E-state index in [0.29, 0.717) is 15.5 Å². The van der Waals surface area contributed by atoms with E-state index in [1.807, 2.05) is 6.92 Å². The van der Waals surface area contributed by atoms with Gasteiger partial charge < -0.3 is 0 Å². The smallest absolute Gasteiger partial charge is 0.266 e. The zero-order valence-corrected chi connectivity index (χ0v) is 11.2. The predicted molar refractivity (Wildman–Crippen MR) is 63.5 cm³/mol. The van der Waals surface area contributed by atoms with Crippen LogP contribution in [0.15, 0.2) is 31.0 Å². The van der Waals surface area contributed by atoms with Crippen LogP contribution in [0.5, 0.6) is 0 Å². The first-order chi connectivity index (χ1) is 6.56. The summed E-state index contributed by atoms with van der Waals surface area (Å²) in [5.74, 6) is 0. The van der Waals surface area contributed by atoms with Crippen LogP contribution in [-0.4, -0.2) is 9.78 Å². The summed E-state index contributed by atoms with van der Waals surface area (Å²) in [6, 6.07) is 0. The Hall–Kier alpha value is -0.130. The van der Waals surface area contributed by atoms with Gasteiger partial charge in [-0.2, -0.15) is 5.10 Å². The van der Waals surface area contributed by atoms with Gasteiger partial charge in [-0.1, -0.05) is 11.6 Å². The van der Waals surface area contributed by atoms with E-state index in [0.717, 1.165) is 5.57 Å². The summed E-state index contributed by atoms with van der Waals surface area (Å²) in [5.41, 5.74) is 2.12. The minimum absolute atomic E-state index is 0.183. The molecule has 0 N–H and O–H groups in total. The third-order valence-electron chi connectivity index (χ3n) is 1.53. The summed E-state index contributed by atoms with van der Waals surface area (Å²) >= 11 is 11.9. The van der Waals surface area contributed by atoms with E-state index in [4.69, 9.17) is 11.6 Å². The number of nitrogens with zero attached hydrogens (tertiary/aromatic N) is 2. The molecule has 0 aromatic carbocycles. The first-order valence-corrected chi connectivity index (χ1v) is 5.75. The second-order valence-corrected chi connectivity index (χ2v) is 4.59. The predicted octanol–water partition coefficient (Wildman–Crippen LogP) is 2.91. The average Bonchev–Trinajstić information content (AvgIpc) is 2.19. The van der Waals surface area contributed by atoms with Crippen LogP contribution in [0.2, 0.25) is 0 Å². The first kappa shape index (κ1) is 11.9. The van der Waals surface area contributed by atoms with Crippen molar-refractivity contribution in [3.8, 4) is 0 Å². The molecule has 1 aromatic heterocycles. The number of hydrogen-bond acceptors (Lipinski definition) is 2. The van der Waals surface area contributed by atoms with Gasteiger partial charge in [0.2, 0.25) is 0 Å². The standard InChI is InChI=1S/C8H7Br2ClN2O/c1-5(2-11)4-13-8(14)7(10)6(9)3-12-13/h2-3H,4H2,1H3. The fourth-order valence-corrected chi connectivity index (χ4v) is 1.47. The van der Waals surface area contributed by atoms with Crippen LogP contribution in [0, 0.1) is 0 Å². The van der Waals surface area contributed by atoms with Gasteiger partial charge >= 0.3 is 0 Å². The molecule has 0 aliphatic heterocycles. The molecule has 0 amide bonds. The van der Waals surface area contributed by atoms with Crippen molar-refractivity contribution in [1.29, 1.82) is 0 Å². The van der Waals surface area contributed by atoms with Crippen molar-refractivity contribution in [2.24, 2.45) is 0 Å². The molecular formula is C8H7Br2ClN2O. The zero-order chi connectivity index (χ0) is 10.7. The Morgan fingerprint density at radius 2 is 2.36 bits per heavy atom. The van der Waals surface area contributed by atoms with Crippen LogP contribution in [0.25, 0.3) is 0 Å². The number of halogens is 3. The maximum atomic E-state index is 11.6. The molecule has 76 valence electrons. The summed E-state index contributed by atoms with van der Waals surface area (Å²) in [5, 5.41) is 3.95. The monoisotopic (exact) mass is 340 g/mol. The molecule has 0 radical (unpaired) electrons. The molecule has 0 unspecified atom stereocenters. The molecule has 1 rings (SSSR count). The largest absolute Gasteiger partial charge is 0.282 e. The molecule has 1 aromatic rings. The molecule has 3 nitrogen and oxygen atoms in total. The molecule has 0 aliphatic rings. The van der Waals surface area contributed by atoms with Gasteiger partial charge in [0.05, 0.1) is 17.2 Å². The van der Waals surface area contributed by atoms with Gasteiger partial charge in [-0.25, -0.2) is 4.68 Å². The lowest BCUT2D eigenvalue weighted by Gasteiger charge is -2.04. The summed E-state index contributed by atoms with van der Waals surface area (Å²) < 4.78 is 2.45. The second kappa shape index (κ2) is 5.09. The molecule has 0 spiro atoms. The molecule has 0 atom stereocenters. The van der Waals surface area contributed by atoms with Gasteiger partial charge in [0.15, 0.2) is 0 Å². The van der Waals surface area contributed by atoms with E-state index >= 15 is 0 Å². The van der Waals surface area contributed by atoms with Gasteiger partial charge in [0.1, 0.15) is 4.47 Å². The molecule has 14 heavy (non-hydrogen) atoms. The molecule has 6 heteroatoms. The average molecular weight is 342 g/mol. The second-order valence-electron chi connectivity index (χ2n) is 2.72. The molecule has 0 fully saturated rings. The van der Waals surface area contributed by atoms with Crippen LogP contribution in [0.4, 0.5) is 0 Å². The zero-order valence-electron chi connectivity index (χ0n) is 7.30. The van der Waals surface area contributed by atoms with Crippen LogP contribution in [0.3, 0.4) is 0 Å². The van der Waals surface area contributed by atoms with Gasteiger partial charge in [0.25, 0.3) is 5.56 Å². The molecule has 0 bridgehead atoms. The molecule has 0 aliphatic carbocycles. The van der Waals surface area contributed by atoms with Crippen LogP contribution >= 0.6 is 43.5 Å². The topological polar surface area (TPSA) is 34.9 Å². The maximum absolute atomic E-state index is 11.6. The minimum Gasteiger partial charge on any atom is -0.266 e. The highest BCUT2D eigenvalue weighted by atomic mass is 79.9. The van der Waals surface area contributed by atoms with Crippen LogP contribution < -0.4 is 5.56 Å². The third-order valence-corrected chi connectivity index (χ3v) is 3.80. The number of allylic oxidation sites excluding steroid dienone is 1. The molecular weight excluding hydrogens is 335 g/mol. The highest BCUT2D eigenvalue weighted by molar-refractivity contribution is 9.13. The van der Waals surface area contributed by atoms with E-state index in [1.54, 1.807) is 6.20 Å². The number of rotatable bonds is 2. The fraction of sp³-hybridized carbons (Fsp3) is 0.250. The van der Waals surface area contributed by atoms with E-state index in [-0.39, 0.29) is 5.56 Å². The number of hydrogen-bond donors (Lipinski definition) is 0.